The molecule has 0 aromatic heterocycles. The molecule has 0 aliphatic heterocycles. The van der Waals surface area contributed by atoms with Crippen LogP contribution in [0.5, 0.6) is 5.75 Å². The van der Waals surface area contributed by atoms with Crippen molar-refractivity contribution in [2.75, 3.05) is 6.61 Å². The molecular formula is C14H22N2O2. The second-order valence-corrected chi connectivity index (χ2v) is 4.57. The van der Waals surface area contributed by atoms with E-state index in [9.17, 15) is 4.79 Å². The summed E-state index contributed by atoms with van der Waals surface area (Å²) in [7, 11) is 0. The maximum Gasteiger partial charge on any atom is 0.237 e. The predicted molar refractivity (Wildman–Crippen MR) is 72.3 cm³/mol. The molecule has 0 aliphatic rings. The van der Waals surface area contributed by atoms with Gasteiger partial charge in [-0.3, -0.25) is 4.79 Å². The molecule has 1 atom stereocenters. The maximum atomic E-state index is 11.7. The number of ether oxygens (including phenoxy) is 1. The van der Waals surface area contributed by atoms with Crippen molar-refractivity contribution >= 4 is 5.91 Å². The molecule has 1 aromatic rings. The summed E-state index contributed by atoms with van der Waals surface area (Å²) in [6.07, 6.45) is 0. The van der Waals surface area contributed by atoms with Gasteiger partial charge >= 0.3 is 0 Å². The van der Waals surface area contributed by atoms with Crippen molar-refractivity contribution in [2.45, 2.75) is 33.4 Å². The minimum absolute atomic E-state index is 0.119. The van der Waals surface area contributed by atoms with Crippen molar-refractivity contribution in [3.05, 3.63) is 29.8 Å². The van der Waals surface area contributed by atoms with Crippen molar-refractivity contribution in [3.8, 4) is 5.75 Å². The number of hydrogen-bond donors (Lipinski definition) is 2. The molecule has 0 aliphatic carbocycles. The zero-order valence-corrected chi connectivity index (χ0v) is 11.3. The van der Waals surface area contributed by atoms with Gasteiger partial charge in [0.15, 0.2) is 0 Å². The van der Waals surface area contributed by atoms with Gasteiger partial charge in [0.05, 0.1) is 12.6 Å². The first-order valence-electron chi connectivity index (χ1n) is 6.29. The van der Waals surface area contributed by atoms with Crippen LogP contribution in [0.15, 0.2) is 24.3 Å². The molecule has 0 saturated heterocycles. The van der Waals surface area contributed by atoms with Crippen LogP contribution in [-0.2, 0) is 11.3 Å². The summed E-state index contributed by atoms with van der Waals surface area (Å²) < 4.78 is 5.40. The lowest BCUT2D eigenvalue weighted by Gasteiger charge is -2.15. The quantitative estimate of drug-likeness (QED) is 0.807. The second kappa shape index (κ2) is 7.01. The fourth-order valence-electron chi connectivity index (χ4n) is 1.52. The summed E-state index contributed by atoms with van der Waals surface area (Å²) >= 11 is 0. The summed E-state index contributed by atoms with van der Waals surface area (Å²) in [6, 6.07) is 7.22. The van der Waals surface area contributed by atoms with Crippen LogP contribution < -0.4 is 15.8 Å². The van der Waals surface area contributed by atoms with Gasteiger partial charge in [-0.25, -0.2) is 0 Å². The minimum atomic E-state index is -0.458. The van der Waals surface area contributed by atoms with E-state index in [-0.39, 0.29) is 11.8 Å². The third-order valence-electron chi connectivity index (χ3n) is 2.70. The lowest BCUT2D eigenvalue weighted by Crippen LogP contribution is -2.43. The molecule has 1 amide bonds. The number of carbonyl (C=O) groups is 1. The van der Waals surface area contributed by atoms with Gasteiger partial charge < -0.3 is 15.8 Å². The highest BCUT2D eigenvalue weighted by atomic mass is 16.5. The Bertz CT molecular complexity index is 391. The lowest BCUT2D eigenvalue weighted by atomic mass is 10.0. The van der Waals surface area contributed by atoms with Crippen molar-refractivity contribution in [2.24, 2.45) is 11.7 Å². The van der Waals surface area contributed by atoms with E-state index in [2.05, 4.69) is 5.32 Å². The van der Waals surface area contributed by atoms with Crippen LogP contribution >= 0.6 is 0 Å². The SMILES string of the molecule is CCOc1cccc(CNC(=O)[C@@H](N)C(C)C)c1. The van der Waals surface area contributed by atoms with E-state index in [4.69, 9.17) is 10.5 Å². The van der Waals surface area contributed by atoms with Crippen LogP contribution in [0.2, 0.25) is 0 Å². The van der Waals surface area contributed by atoms with E-state index in [0.29, 0.717) is 13.2 Å². The highest BCUT2D eigenvalue weighted by Gasteiger charge is 2.16. The number of nitrogens with one attached hydrogen (secondary N) is 1. The van der Waals surface area contributed by atoms with Gasteiger partial charge in [0.1, 0.15) is 5.75 Å². The normalized spacial score (nSPS) is 12.3. The third-order valence-corrected chi connectivity index (χ3v) is 2.70. The Labute approximate surface area is 109 Å². The lowest BCUT2D eigenvalue weighted by molar-refractivity contribution is -0.123. The van der Waals surface area contributed by atoms with Crippen LogP contribution in [0.1, 0.15) is 26.3 Å². The Morgan fingerprint density at radius 2 is 2.17 bits per heavy atom. The van der Waals surface area contributed by atoms with Gasteiger partial charge in [-0.05, 0) is 30.5 Å². The van der Waals surface area contributed by atoms with Crippen molar-refractivity contribution in [1.82, 2.24) is 5.32 Å². The van der Waals surface area contributed by atoms with Crippen LogP contribution in [0.25, 0.3) is 0 Å². The number of benzene rings is 1. The Morgan fingerprint density at radius 1 is 1.44 bits per heavy atom. The smallest absolute Gasteiger partial charge is 0.237 e. The topological polar surface area (TPSA) is 64.3 Å². The van der Waals surface area contributed by atoms with Gasteiger partial charge in [-0.15, -0.1) is 0 Å². The monoisotopic (exact) mass is 250 g/mol. The van der Waals surface area contributed by atoms with E-state index in [1.807, 2.05) is 45.0 Å². The first-order chi connectivity index (χ1) is 8.54. The van der Waals surface area contributed by atoms with Crippen LogP contribution in [0.4, 0.5) is 0 Å². The maximum absolute atomic E-state index is 11.7. The van der Waals surface area contributed by atoms with Gasteiger partial charge in [-0.2, -0.15) is 0 Å². The first kappa shape index (κ1) is 14.5. The molecule has 3 N–H and O–H groups in total. The molecule has 1 aromatic carbocycles. The fraction of sp³-hybridized carbons (Fsp3) is 0.500. The molecule has 100 valence electrons. The molecule has 18 heavy (non-hydrogen) atoms. The summed E-state index contributed by atoms with van der Waals surface area (Å²) in [5.41, 5.74) is 6.77. The van der Waals surface area contributed by atoms with Gasteiger partial charge in [0.25, 0.3) is 0 Å². The summed E-state index contributed by atoms with van der Waals surface area (Å²) in [5, 5.41) is 2.83. The third kappa shape index (κ3) is 4.37. The number of hydrogen-bond acceptors (Lipinski definition) is 3. The number of rotatable bonds is 6. The van der Waals surface area contributed by atoms with Crippen LogP contribution in [-0.4, -0.2) is 18.6 Å². The number of nitrogens with two attached hydrogens (primary N) is 1. The molecular weight excluding hydrogens is 228 g/mol. The van der Waals surface area contributed by atoms with Gasteiger partial charge in [-0.1, -0.05) is 26.0 Å². The highest BCUT2D eigenvalue weighted by molar-refractivity contribution is 5.81. The van der Waals surface area contributed by atoms with Crippen LogP contribution in [0, 0.1) is 5.92 Å². The molecule has 0 heterocycles. The first-order valence-corrected chi connectivity index (χ1v) is 6.29. The standard InChI is InChI=1S/C14H22N2O2/c1-4-18-12-7-5-6-11(8-12)9-16-14(17)13(15)10(2)3/h5-8,10,13H,4,9,15H2,1-3H3,(H,16,17)/t13-/m0/s1. The van der Waals surface area contributed by atoms with Gasteiger partial charge in [0.2, 0.25) is 5.91 Å². The molecule has 4 nitrogen and oxygen atoms in total. The largest absolute Gasteiger partial charge is 0.494 e. The Kier molecular flexibility index (Phi) is 5.65. The molecule has 0 saturated carbocycles. The number of carbonyl (C=O) groups excluding carboxylic acids is 1. The molecule has 0 unspecified atom stereocenters. The molecule has 0 fully saturated rings. The summed E-state index contributed by atoms with van der Waals surface area (Å²) in [5.74, 6) is 0.837. The average Bonchev–Trinajstić information content (AvgIpc) is 2.36. The zero-order chi connectivity index (χ0) is 13.5. The van der Waals surface area contributed by atoms with Crippen LogP contribution in [0.3, 0.4) is 0 Å². The van der Waals surface area contributed by atoms with E-state index in [1.54, 1.807) is 0 Å². The molecule has 0 spiro atoms. The van der Waals surface area contributed by atoms with Gasteiger partial charge in [0, 0.05) is 6.54 Å². The molecule has 0 radical (unpaired) electrons. The highest BCUT2D eigenvalue weighted by Crippen LogP contribution is 2.13. The summed E-state index contributed by atoms with van der Waals surface area (Å²) in [6.45, 7) is 6.91. The Balaban J connectivity index is 2.53. The number of amides is 1. The van der Waals surface area contributed by atoms with E-state index in [0.717, 1.165) is 11.3 Å². The average molecular weight is 250 g/mol. The Hall–Kier alpha value is -1.55. The second-order valence-electron chi connectivity index (χ2n) is 4.57. The zero-order valence-electron chi connectivity index (χ0n) is 11.3. The predicted octanol–water partition coefficient (Wildman–Crippen LogP) is 1.68. The fourth-order valence-corrected chi connectivity index (χ4v) is 1.52. The molecule has 4 heteroatoms. The Morgan fingerprint density at radius 3 is 2.78 bits per heavy atom. The van der Waals surface area contributed by atoms with E-state index < -0.39 is 6.04 Å². The van der Waals surface area contributed by atoms with Crippen molar-refractivity contribution < 1.29 is 9.53 Å². The van der Waals surface area contributed by atoms with Crippen molar-refractivity contribution in [1.29, 1.82) is 0 Å². The summed E-state index contributed by atoms with van der Waals surface area (Å²) in [4.78, 5) is 11.7. The van der Waals surface area contributed by atoms with E-state index in [1.165, 1.54) is 0 Å². The van der Waals surface area contributed by atoms with Crippen molar-refractivity contribution in [3.63, 3.8) is 0 Å². The minimum Gasteiger partial charge on any atom is -0.494 e. The molecule has 0 bridgehead atoms. The van der Waals surface area contributed by atoms with E-state index >= 15 is 0 Å². The molecule has 1 rings (SSSR count).